The molecule has 2 heterocycles. The average Bonchev–Trinajstić information content (AvgIpc) is 3.10. The fourth-order valence-corrected chi connectivity index (χ4v) is 4.12. The molecule has 2 aliphatic heterocycles. The van der Waals surface area contributed by atoms with Crippen LogP contribution in [-0.2, 0) is 11.2 Å². The lowest BCUT2D eigenvalue weighted by Gasteiger charge is -2.34. The summed E-state index contributed by atoms with van der Waals surface area (Å²) in [5, 5.41) is 4.15. The highest BCUT2D eigenvalue weighted by Gasteiger charge is 2.36. The van der Waals surface area contributed by atoms with Crippen LogP contribution in [0.5, 0.6) is 5.75 Å². The number of benzene rings is 2. The Morgan fingerprint density at radius 1 is 0.929 bits per heavy atom. The molecule has 28 heavy (non-hydrogen) atoms. The number of esters is 1. The summed E-state index contributed by atoms with van der Waals surface area (Å²) in [6, 6.07) is 16.5. The second kappa shape index (κ2) is 8.57. The van der Waals surface area contributed by atoms with Crippen molar-refractivity contribution in [3.8, 4) is 5.75 Å². The van der Waals surface area contributed by atoms with Crippen LogP contribution in [0, 0.1) is 5.92 Å². The number of carbonyl (C=O) groups excluding carboxylic acids is 2. The normalized spacial score (nSPS) is 20.4. The number of nitrogens with zero attached hydrogens (tertiary/aromatic N) is 2. The highest BCUT2D eigenvalue weighted by Crippen LogP contribution is 2.27. The molecule has 2 aromatic rings. The first-order valence-electron chi connectivity index (χ1n) is 10.1. The number of ether oxygens (including phenoxy) is 1. The SMILES string of the molecule is O=C(Oc1ccccc1)c1ccccc1CC1CCN(N2CCCCC2)C1=O. The van der Waals surface area contributed by atoms with Crippen LogP contribution in [0.2, 0.25) is 0 Å². The number of hydrogen-bond donors (Lipinski definition) is 0. The van der Waals surface area contributed by atoms with Crippen LogP contribution in [-0.4, -0.2) is 41.5 Å². The van der Waals surface area contributed by atoms with Crippen LogP contribution in [0.3, 0.4) is 0 Å². The van der Waals surface area contributed by atoms with Crippen molar-refractivity contribution >= 4 is 11.9 Å². The third-order valence-corrected chi connectivity index (χ3v) is 5.62. The van der Waals surface area contributed by atoms with Gasteiger partial charge >= 0.3 is 5.97 Å². The molecule has 0 N–H and O–H groups in total. The van der Waals surface area contributed by atoms with E-state index in [0.29, 0.717) is 17.7 Å². The summed E-state index contributed by atoms with van der Waals surface area (Å²) in [5.74, 6) is 0.261. The summed E-state index contributed by atoms with van der Waals surface area (Å²) in [5.41, 5.74) is 1.41. The van der Waals surface area contributed by atoms with Gasteiger partial charge in [0.15, 0.2) is 0 Å². The Labute approximate surface area is 165 Å². The van der Waals surface area contributed by atoms with Gasteiger partial charge in [0, 0.05) is 25.6 Å². The molecular formula is C23H26N2O3. The third kappa shape index (κ3) is 4.09. The molecule has 5 nitrogen and oxygen atoms in total. The van der Waals surface area contributed by atoms with Gasteiger partial charge in [0.1, 0.15) is 5.75 Å². The van der Waals surface area contributed by atoms with E-state index in [-0.39, 0.29) is 17.8 Å². The fourth-order valence-electron chi connectivity index (χ4n) is 4.12. The number of hydrazine groups is 1. The van der Waals surface area contributed by atoms with Crippen LogP contribution in [0.25, 0.3) is 0 Å². The highest BCUT2D eigenvalue weighted by atomic mass is 16.5. The molecule has 0 radical (unpaired) electrons. The van der Waals surface area contributed by atoms with Crippen molar-refractivity contribution < 1.29 is 14.3 Å². The second-order valence-electron chi connectivity index (χ2n) is 7.53. The standard InChI is InChI=1S/C23H26N2O3/c26-22-19(13-16-25(22)24-14-7-2-8-15-24)17-18-9-5-6-12-21(18)23(27)28-20-10-3-1-4-11-20/h1,3-6,9-12,19H,2,7-8,13-17H2. The molecule has 1 atom stereocenters. The zero-order chi connectivity index (χ0) is 19.3. The van der Waals surface area contributed by atoms with Crippen LogP contribution in [0.15, 0.2) is 54.6 Å². The van der Waals surface area contributed by atoms with Gasteiger partial charge < -0.3 is 4.74 Å². The van der Waals surface area contributed by atoms with E-state index in [2.05, 4.69) is 5.01 Å². The van der Waals surface area contributed by atoms with Gasteiger partial charge in [-0.1, -0.05) is 42.8 Å². The number of hydrogen-bond acceptors (Lipinski definition) is 4. The van der Waals surface area contributed by atoms with E-state index >= 15 is 0 Å². The average molecular weight is 378 g/mol. The molecule has 1 amide bonds. The summed E-state index contributed by atoms with van der Waals surface area (Å²) < 4.78 is 5.51. The fraction of sp³-hybridized carbons (Fsp3) is 0.391. The van der Waals surface area contributed by atoms with E-state index in [1.165, 1.54) is 6.42 Å². The second-order valence-corrected chi connectivity index (χ2v) is 7.53. The van der Waals surface area contributed by atoms with Gasteiger partial charge in [-0.05, 0) is 49.4 Å². The Balaban J connectivity index is 1.45. The van der Waals surface area contributed by atoms with Gasteiger partial charge in [-0.3, -0.25) is 9.80 Å². The molecule has 0 bridgehead atoms. The summed E-state index contributed by atoms with van der Waals surface area (Å²) in [4.78, 5) is 25.6. The molecule has 146 valence electrons. The van der Waals surface area contributed by atoms with E-state index in [1.54, 1.807) is 18.2 Å². The molecule has 4 rings (SSSR count). The number of piperidine rings is 1. The quantitative estimate of drug-likeness (QED) is 0.588. The van der Waals surface area contributed by atoms with Gasteiger partial charge in [0.2, 0.25) is 5.91 Å². The van der Waals surface area contributed by atoms with Crippen molar-refractivity contribution in [2.75, 3.05) is 19.6 Å². The number of carbonyl (C=O) groups is 2. The number of rotatable bonds is 5. The molecule has 0 spiro atoms. The van der Waals surface area contributed by atoms with E-state index in [0.717, 1.165) is 44.5 Å². The molecular weight excluding hydrogens is 352 g/mol. The van der Waals surface area contributed by atoms with Crippen molar-refractivity contribution in [3.05, 3.63) is 65.7 Å². The molecule has 2 fully saturated rings. The van der Waals surface area contributed by atoms with Crippen LogP contribution < -0.4 is 4.74 Å². The Hall–Kier alpha value is -2.66. The van der Waals surface area contributed by atoms with Gasteiger partial charge in [-0.2, -0.15) is 0 Å². The van der Waals surface area contributed by atoms with Crippen molar-refractivity contribution in [3.63, 3.8) is 0 Å². The van der Waals surface area contributed by atoms with Gasteiger partial charge in [0.25, 0.3) is 0 Å². The smallest absolute Gasteiger partial charge is 0.343 e. The molecule has 1 unspecified atom stereocenters. The van der Waals surface area contributed by atoms with Gasteiger partial charge in [-0.15, -0.1) is 0 Å². The number of amides is 1. The minimum Gasteiger partial charge on any atom is -0.423 e. The van der Waals surface area contributed by atoms with Crippen LogP contribution in [0.1, 0.15) is 41.6 Å². The zero-order valence-electron chi connectivity index (χ0n) is 16.0. The molecule has 2 aromatic carbocycles. The first-order valence-corrected chi connectivity index (χ1v) is 10.1. The predicted octanol–water partition coefficient (Wildman–Crippen LogP) is 3.70. The Bertz CT molecular complexity index is 831. The monoisotopic (exact) mass is 378 g/mol. The van der Waals surface area contributed by atoms with Gasteiger partial charge in [-0.25, -0.2) is 9.80 Å². The van der Waals surface area contributed by atoms with E-state index in [4.69, 9.17) is 4.74 Å². The van der Waals surface area contributed by atoms with Crippen LogP contribution >= 0.6 is 0 Å². The van der Waals surface area contributed by atoms with Crippen molar-refractivity contribution in [2.24, 2.45) is 5.92 Å². The van der Waals surface area contributed by atoms with Crippen molar-refractivity contribution in [1.29, 1.82) is 0 Å². The largest absolute Gasteiger partial charge is 0.423 e. The lowest BCUT2D eigenvalue weighted by atomic mass is 9.94. The maximum Gasteiger partial charge on any atom is 0.343 e. The summed E-state index contributed by atoms with van der Waals surface area (Å²) in [6.07, 6.45) is 4.96. The first-order chi connectivity index (χ1) is 13.7. The molecule has 0 aliphatic carbocycles. The van der Waals surface area contributed by atoms with Crippen molar-refractivity contribution in [1.82, 2.24) is 10.0 Å². The van der Waals surface area contributed by atoms with E-state index < -0.39 is 0 Å². The third-order valence-electron chi connectivity index (χ3n) is 5.62. The maximum atomic E-state index is 12.9. The highest BCUT2D eigenvalue weighted by molar-refractivity contribution is 5.93. The number of para-hydroxylation sites is 1. The summed E-state index contributed by atoms with van der Waals surface area (Å²) >= 11 is 0. The van der Waals surface area contributed by atoms with E-state index in [9.17, 15) is 9.59 Å². The van der Waals surface area contributed by atoms with E-state index in [1.807, 2.05) is 41.4 Å². The summed E-state index contributed by atoms with van der Waals surface area (Å²) in [7, 11) is 0. The first kappa shape index (κ1) is 18.7. The summed E-state index contributed by atoms with van der Waals surface area (Å²) in [6.45, 7) is 2.72. The Morgan fingerprint density at radius 3 is 2.43 bits per heavy atom. The Kier molecular flexibility index (Phi) is 5.72. The molecule has 0 aromatic heterocycles. The molecule has 0 saturated carbocycles. The Morgan fingerprint density at radius 2 is 1.64 bits per heavy atom. The van der Waals surface area contributed by atoms with Gasteiger partial charge in [0.05, 0.1) is 5.56 Å². The topological polar surface area (TPSA) is 49.9 Å². The van der Waals surface area contributed by atoms with Crippen molar-refractivity contribution in [2.45, 2.75) is 32.1 Å². The van der Waals surface area contributed by atoms with Crippen LogP contribution in [0.4, 0.5) is 0 Å². The molecule has 5 heteroatoms. The minimum atomic E-state index is -0.375. The lowest BCUT2D eigenvalue weighted by molar-refractivity contribution is -0.147. The molecule has 2 saturated heterocycles. The maximum absolute atomic E-state index is 12.9. The zero-order valence-corrected chi connectivity index (χ0v) is 16.0. The molecule has 2 aliphatic rings. The minimum absolute atomic E-state index is 0.0763. The predicted molar refractivity (Wildman–Crippen MR) is 107 cm³/mol. The lowest BCUT2D eigenvalue weighted by Crippen LogP contribution is -2.47.